The second-order valence-corrected chi connectivity index (χ2v) is 5.64. The van der Waals surface area contributed by atoms with Gasteiger partial charge in [0.2, 0.25) is 0 Å². The Morgan fingerprint density at radius 1 is 1.00 bits per heavy atom. The van der Waals surface area contributed by atoms with E-state index in [4.69, 9.17) is 11.5 Å². The van der Waals surface area contributed by atoms with Crippen LogP contribution < -0.4 is 11.5 Å². The molecule has 0 unspecified atom stereocenters. The van der Waals surface area contributed by atoms with Crippen molar-refractivity contribution in [2.75, 3.05) is 5.73 Å². The number of allylic oxidation sites excluding steroid dienone is 1. The Balaban J connectivity index is 1.78. The number of benzene rings is 2. The van der Waals surface area contributed by atoms with E-state index in [2.05, 4.69) is 22.1 Å². The van der Waals surface area contributed by atoms with E-state index in [1.165, 1.54) is 0 Å². The maximum atomic E-state index is 6.20. The minimum Gasteiger partial charge on any atom is -0.398 e. The van der Waals surface area contributed by atoms with Gasteiger partial charge in [-0.25, -0.2) is 0 Å². The fourth-order valence-electron chi connectivity index (χ4n) is 2.49. The van der Waals surface area contributed by atoms with Crippen molar-refractivity contribution in [3.05, 3.63) is 90.3 Å². The lowest BCUT2D eigenvalue weighted by molar-refractivity contribution is 1.05. The van der Waals surface area contributed by atoms with Crippen LogP contribution in [0.1, 0.15) is 11.1 Å². The third-order valence-electron chi connectivity index (χ3n) is 3.83. The SMILES string of the molecule is N/C(=C\C=NCc1cccnc1)c1cc(-c2ccccc2)ccc1N. The third-order valence-corrected chi connectivity index (χ3v) is 3.83. The second-order valence-electron chi connectivity index (χ2n) is 5.64. The van der Waals surface area contributed by atoms with Crippen LogP contribution in [0, 0.1) is 0 Å². The first kappa shape index (κ1) is 16.5. The highest BCUT2D eigenvalue weighted by Crippen LogP contribution is 2.26. The van der Waals surface area contributed by atoms with Crippen LogP contribution in [-0.4, -0.2) is 11.2 Å². The zero-order chi connectivity index (χ0) is 17.5. The van der Waals surface area contributed by atoms with Gasteiger partial charge < -0.3 is 11.5 Å². The van der Waals surface area contributed by atoms with E-state index < -0.39 is 0 Å². The number of nitrogens with zero attached hydrogens (tertiary/aromatic N) is 2. The van der Waals surface area contributed by atoms with Gasteiger partial charge in [0.15, 0.2) is 0 Å². The largest absolute Gasteiger partial charge is 0.398 e. The number of rotatable bonds is 5. The minimum atomic E-state index is 0.567. The molecule has 4 N–H and O–H groups in total. The summed E-state index contributed by atoms with van der Waals surface area (Å²) in [5.41, 5.74) is 17.6. The molecule has 0 aliphatic rings. The quantitative estimate of drug-likeness (QED) is 0.551. The molecule has 25 heavy (non-hydrogen) atoms. The maximum Gasteiger partial charge on any atom is 0.0654 e. The van der Waals surface area contributed by atoms with Crippen molar-refractivity contribution in [3.63, 3.8) is 0 Å². The van der Waals surface area contributed by atoms with Gasteiger partial charge in [0.1, 0.15) is 0 Å². The zero-order valence-corrected chi connectivity index (χ0v) is 13.8. The Morgan fingerprint density at radius 3 is 2.60 bits per heavy atom. The predicted octanol–water partition coefficient (Wildman–Crippen LogP) is 3.90. The first-order valence-electron chi connectivity index (χ1n) is 8.04. The number of hydrogen-bond acceptors (Lipinski definition) is 4. The average Bonchev–Trinajstić information content (AvgIpc) is 2.67. The molecule has 0 bridgehead atoms. The lowest BCUT2D eigenvalue weighted by Gasteiger charge is -2.09. The molecule has 0 amide bonds. The highest BCUT2D eigenvalue weighted by Gasteiger charge is 2.05. The lowest BCUT2D eigenvalue weighted by Crippen LogP contribution is -2.02. The molecular weight excluding hydrogens is 308 g/mol. The molecule has 0 aliphatic heterocycles. The van der Waals surface area contributed by atoms with Gasteiger partial charge in [-0.05, 0) is 41.0 Å². The Bertz CT molecular complexity index is 884. The van der Waals surface area contributed by atoms with Crippen LogP contribution >= 0.6 is 0 Å². The van der Waals surface area contributed by atoms with Gasteiger partial charge >= 0.3 is 0 Å². The van der Waals surface area contributed by atoms with Crippen LogP contribution in [0.5, 0.6) is 0 Å². The van der Waals surface area contributed by atoms with E-state index in [1.54, 1.807) is 24.7 Å². The number of hydrogen-bond donors (Lipinski definition) is 2. The number of anilines is 1. The maximum absolute atomic E-state index is 6.20. The van der Waals surface area contributed by atoms with Crippen LogP contribution in [0.15, 0.2) is 84.1 Å². The summed E-state index contributed by atoms with van der Waals surface area (Å²) in [7, 11) is 0. The monoisotopic (exact) mass is 328 g/mol. The summed E-state index contributed by atoms with van der Waals surface area (Å²) in [6.07, 6.45) is 7.02. The molecule has 0 atom stereocenters. The second kappa shape index (κ2) is 7.93. The first-order chi connectivity index (χ1) is 12.2. The van der Waals surface area contributed by atoms with Crippen molar-refractivity contribution >= 4 is 17.6 Å². The van der Waals surface area contributed by atoms with Gasteiger partial charge in [0.25, 0.3) is 0 Å². The van der Waals surface area contributed by atoms with Gasteiger partial charge in [0.05, 0.1) is 6.54 Å². The summed E-state index contributed by atoms with van der Waals surface area (Å²) >= 11 is 0. The van der Waals surface area contributed by atoms with Crippen LogP contribution in [0.2, 0.25) is 0 Å². The number of nitrogen functional groups attached to an aromatic ring is 1. The van der Waals surface area contributed by atoms with E-state index >= 15 is 0 Å². The van der Waals surface area contributed by atoms with Crippen LogP contribution in [0.3, 0.4) is 0 Å². The number of aromatic nitrogens is 1. The lowest BCUT2D eigenvalue weighted by atomic mass is 10.0. The molecule has 0 spiro atoms. The molecule has 0 saturated heterocycles. The Morgan fingerprint density at radius 2 is 1.84 bits per heavy atom. The zero-order valence-electron chi connectivity index (χ0n) is 13.8. The molecule has 2 aromatic carbocycles. The first-order valence-corrected chi connectivity index (χ1v) is 8.04. The van der Waals surface area contributed by atoms with Crippen molar-refractivity contribution in [3.8, 4) is 11.1 Å². The highest BCUT2D eigenvalue weighted by molar-refractivity contribution is 5.87. The fourth-order valence-corrected chi connectivity index (χ4v) is 2.49. The van der Waals surface area contributed by atoms with Crippen LogP contribution in [0.25, 0.3) is 16.8 Å². The Hall–Kier alpha value is -3.40. The molecule has 0 aliphatic carbocycles. The Labute approximate surface area is 147 Å². The van der Waals surface area contributed by atoms with E-state index in [1.807, 2.05) is 48.5 Å². The Kier molecular flexibility index (Phi) is 5.22. The topological polar surface area (TPSA) is 77.3 Å². The van der Waals surface area contributed by atoms with Crippen molar-refractivity contribution < 1.29 is 0 Å². The van der Waals surface area contributed by atoms with Crippen molar-refractivity contribution in [2.24, 2.45) is 10.7 Å². The summed E-state index contributed by atoms with van der Waals surface area (Å²) in [5.74, 6) is 0. The van der Waals surface area contributed by atoms with Crippen LogP contribution in [0.4, 0.5) is 5.69 Å². The smallest absolute Gasteiger partial charge is 0.0654 e. The third kappa shape index (κ3) is 4.32. The van der Waals surface area contributed by atoms with Gasteiger partial charge in [-0.15, -0.1) is 0 Å². The molecule has 1 heterocycles. The van der Waals surface area contributed by atoms with Gasteiger partial charge in [0, 0.05) is 35.6 Å². The van der Waals surface area contributed by atoms with Gasteiger partial charge in [-0.1, -0.05) is 42.5 Å². The molecule has 0 saturated carbocycles. The standard InChI is InChI=1S/C21H20N4/c22-20-9-8-18(17-6-2-1-3-7-17)13-19(20)21(23)10-12-25-15-16-5-4-11-24-14-16/h1-14H,15,22-23H2/b21-10-,25-12?. The summed E-state index contributed by atoms with van der Waals surface area (Å²) in [6.45, 7) is 0.567. The van der Waals surface area contributed by atoms with Crippen molar-refractivity contribution in [2.45, 2.75) is 6.54 Å². The summed E-state index contributed by atoms with van der Waals surface area (Å²) < 4.78 is 0. The molecule has 3 rings (SSSR count). The molecule has 0 radical (unpaired) electrons. The average molecular weight is 328 g/mol. The number of nitrogens with two attached hydrogens (primary N) is 2. The summed E-state index contributed by atoms with van der Waals surface area (Å²) in [4.78, 5) is 8.42. The molecule has 1 aromatic heterocycles. The van der Waals surface area contributed by atoms with E-state index in [9.17, 15) is 0 Å². The van der Waals surface area contributed by atoms with Gasteiger partial charge in [-0.3, -0.25) is 9.98 Å². The van der Waals surface area contributed by atoms with Crippen molar-refractivity contribution in [1.29, 1.82) is 0 Å². The minimum absolute atomic E-state index is 0.567. The molecule has 4 heteroatoms. The van der Waals surface area contributed by atoms with E-state index in [0.29, 0.717) is 17.9 Å². The number of pyridine rings is 1. The number of aliphatic imine (C=N–C) groups is 1. The molecular formula is C21H20N4. The van der Waals surface area contributed by atoms with E-state index in [-0.39, 0.29) is 0 Å². The normalized spacial score (nSPS) is 11.8. The van der Waals surface area contributed by atoms with Gasteiger partial charge in [-0.2, -0.15) is 0 Å². The molecule has 4 nitrogen and oxygen atoms in total. The molecule has 3 aromatic rings. The predicted molar refractivity (Wildman–Crippen MR) is 105 cm³/mol. The fraction of sp³-hybridized carbons (Fsp3) is 0.0476. The highest BCUT2D eigenvalue weighted by atomic mass is 14.7. The van der Waals surface area contributed by atoms with Crippen molar-refractivity contribution in [1.82, 2.24) is 4.98 Å². The molecule has 0 fully saturated rings. The van der Waals surface area contributed by atoms with E-state index in [0.717, 1.165) is 22.3 Å². The van der Waals surface area contributed by atoms with Crippen LogP contribution in [-0.2, 0) is 6.54 Å². The summed E-state index contributed by atoms with van der Waals surface area (Å²) in [6, 6.07) is 19.9. The molecule has 124 valence electrons. The summed E-state index contributed by atoms with van der Waals surface area (Å²) in [5, 5.41) is 0.